The van der Waals surface area contributed by atoms with E-state index in [1.54, 1.807) is 18.2 Å². The summed E-state index contributed by atoms with van der Waals surface area (Å²) < 4.78 is 12.1. The van der Waals surface area contributed by atoms with Gasteiger partial charge in [-0.05, 0) is 28.1 Å². The number of aromatic nitrogens is 2. The Bertz CT molecular complexity index is 956. The normalized spacial score (nSPS) is 24.9. The van der Waals surface area contributed by atoms with Gasteiger partial charge in [0.1, 0.15) is 18.3 Å². The number of methoxy groups -OCH3 is 1. The Hall–Kier alpha value is -2.11. The van der Waals surface area contributed by atoms with E-state index >= 15 is 0 Å². The van der Waals surface area contributed by atoms with Crippen LogP contribution in [0.1, 0.15) is 16.6 Å². The molecule has 0 aliphatic carbocycles. The minimum absolute atomic E-state index is 0.0493. The topological polar surface area (TPSA) is 120 Å². The van der Waals surface area contributed by atoms with Gasteiger partial charge in [-0.3, -0.25) is 14.2 Å². The molecular formula is C17H17BrN2O7. The first kappa shape index (κ1) is 19.6. The van der Waals surface area contributed by atoms with E-state index in [0.717, 1.165) is 4.57 Å². The number of hydrogen-bond acceptors (Lipinski definition) is 7. The molecule has 1 fully saturated rings. The van der Waals surface area contributed by atoms with Gasteiger partial charge in [-0.1, -0.05) is 18.2 Å². The van der Waals surface area contributed by atoms with E-state index in [-0.39, 0.29) is 10.0 Å². The van der Waals surface area contributed by atoms with E-state index in [0.29, 0.717) is 4.57 Å². The Morgan fingerprint density at radius 3 is 2.56 bits per heavy atom. The average Bonchev–Trinajstić information content (AvgIpc) is 3.00. The fourth-order valence-corrected chi connectivity index (χ4v) is 3.36. The predicted octanol–water partition coefficient (Wildman–Crippen LogP) is -0.273. The van der Waals surface area contributed by atoms with Crippen LogP contribution < -0.4 is 11.2 Å². The fourth-order valence-electron chi connectivity index (χ4n) is 2.96. The van der Waals surface area contributed by atoms with Crippen LogP contribution in [-0.4, -0.2) is 57.3 Å². The lowest BCUT2D eigenvalue weighted by Crippen LogP contribution is -2.46. The van der Waals surface area contributed by atoms with Gasteiger partial charge >= 0.3 is 5.69 Å². The molecule has 2 N–H and O–H groups in total. The van der Waals surface area contributed by atoms with Crippen molar-refractivity contribution in [2.45, 2.75) is 24.5 Å². The summed E-state index contributed by atoms with van der Waals surface area (Å²) in [6.07, 6.45) is -3.12. The molecule has 9 nitrogen and oxygen atoms in total. The molecule has 10 heteroatoms. The molecule has 0 bridgehead atoms. The van der Waals surface area contributed by atoms with Gasteiger partial charge in [-0.15, -0.1) is 0 Å². The number of benzene rings is 1. The van der Waals surface area contributed by atoms with Crippen molar-refractivity contribution in [2.75, 3.05) is 13.7 Å². The van der Waals surface area contributed by atoms with Crippen LogP contribution in [0.3, 0.4) is 0 Å². The standard InChI is InChI=1S/C17H17BrN2O7/c1-26-13-12(22)11(8-21)27-16(13)19-7-10(18)15(24)20(17(19)25)14(23)9-5-3-2-4-6-9/h2-7,11-13,16,21-22H,8H2,1H3/t11-,12?,13+,16-/m1/s1. The largest absolute Gasteiger partial charge is 0.394 e. The number of aliphatic hydroxyl groups excluding tert-OH is 2. The molecule has 144 valence electrons. The van der Waals surface area contributed by atoms with Crippen LogP contribution in [0.4, 0.5) is 0 Å². The van der Waals surface area contributed by atoms with Crippen molar-refractivity contribution in [3.63, 3.8) is 0 Å². The Labute approximate surface area is 161 Å². The second kappa shape index (κ2) is 7.87. The molecule has 1 aromatic heterocycles. The molecule has 2 aromatic rings. The maximum Gasteiger partial charge on any atom is 0.340 e. The second-order valence-electron chi connectivity index (χ2n) is 5.92. The third-order valence-electron chi connectivity index (χ3n) is 4.33. The number of rotatable bonds is 4. The molecule has 1 aliphatic rings. The molecule has 3 rings (SSSR count). The maximum absolute atomic E-state index is 12.9. The summed E-state index contributed by atoms with van der Waals surface area (Å²) >= 11 is 3.05. The van der Waals surface area contributed by atoms with Gasteiger partial charge in [-0.2, -0.15) is 4.57 Å². The second-order valence-corrected chi connectivity index (χ2v) is 6.77. The Kier molecular flexibility index (Phi) is 5.72. The van der Waals surface area contributed by atoms with Crippen molar-refractivity contribution >= 4 is 21.8 Å². The van der Waals surface area contributed by atoms with Crippen LogP contribution in [0, 0.1) is 0 Å². The SMILES string of the molecule is CO[C@H]1C(O)[C@@H](CO)O[C@H]1n1cc(Br)c(=O)n(C(=O)c2ccccc2)c1=O. The summed E-state index contributed by atoms with van der Waals surface area (Å²) in [4.78, 5) is 38.0. The van der Waals surface area contributed by atoms with Crippen molar-refractivity contribution in [2.24, 2.45) is 0 Å². The first-order chi connectivity index (χ1) is 12.9. The minimum Gasteiger partial charge on any atom is -0.394 e. The maximum atomic E-state index is 12.9. The summed E-state index contributed by atoms with van der Waals surface area (Å²) in [5.74, 6) is -0.799. The molecule has 0 radical (unpaired) electrons. The molecular weight excluding hydrogens is 424 g/mol. The highest BCUT2D eigenvalue weighted by Gasteiger charge is 2.45. The Morgan fingerprint density at radius 1 is 1.30 bits per heavy atom. The van der Waals surface area contributed by atoms with E-state index in [9.17, 15) is 24.6 Å². The molecule has 2 heterocycles. The molecule has 1 aliphatic heterocycles. The quantitative estimate of drug-likeness (QED) is 0.670. The smallest absolute Gasteiger partial charge is 0.340 e. The minimum atomic E-state index is -1.19. The lowest BCUT2D eigenvalue weighted by molar-refractivity contribution is -0.0630. The highest BCUT2D eigenvalue weighted by atomic mass is 79.9. The predicted molar refractivity (Wildman–Crippen MR) is 96.6 cm³/mol. The molecule has 0 saturated carbocycles. The van der Waals surface area contributed by atoms with Gasteiger partial charge in [0.25, 0.3) is 11.5 Å². The van der Waals surface area contributed by atoms with E-state index in [1.807, 2.05) is 0 Å². The summed E-state index contributed by atoms with van der Waals surface area (Å²) in [6.45, 7) is -0.490. The number of halogens is 1. The average molecular weight is 441 g/mol. The number of nitrogens with zero attached hydrogens (tertiary/aromatic N) is 2. The monoisotopic (exact) mass is 440 g/mol. The molecule has 0 spiro atoms. The Balaban J connectivity index is 2.14. The zero-order chi connectivity index (χ0) is 19.7. The zero-order valence-corrected chi connectivity index (χ0v) is 15.8. The van der Waals surface area contributed by atoms with Gasteiger partial charge < -0.3 is 19.7 Å². The van der Waals surface area contributed by atoms with E-state index in [2.05, 4.69) is 15.9 Å². The number of ether oxygens (including phenoxy) is 2. The highest BCUT2D eigenvalue weighted by molar-refractivity contribution is 9.10. The Morgan fingerprint density at radius 2 is 1.96 bits per heavy atom. The third kappa shape index (κ3) is 3.42. The van der Waals surface area contributed by atoms with Gasteiger partial charge in [0.15, 0.2) is 6.23 Å². The van der Waals surface area contributed by atoms with Crippen LogP contribution in [-0.2, 0) is 9.47 Å². The number of carbonyl (C=O) groups is 1. The lowest BCUT2D eigenvalue weighted by Gasteiger charge is -2.21. The van der Waals surface area contributed by atoms with Crippen LogP contribution in [0.5, 0.6) is 0 Å². The van der Waals surface area contributed by atoms with Crippen LogP contribution in [0.25, 0.3) is 0 Å². The number of carbonyl (C=O) groups excluding carboxylic acids is 1. The summed E-state index contributed by atoms with van der Waals surface area (Å²) in [7, 11) is 1.31. The number of aliphatic hydroxyl groups is 2. The van der Waals surface area contributed by atoms with E-state index in [4.69, 9.17) is 9.47 Å². The van der Waals surface area contributed by atoms with Gasteiger partial charge in [0.2, 0.25) is 0 Å². The molecule has 4 atom stereocenters. The highest BCUT2D eigenvalue weighted by Crippen LogP contribution is 2.30. The van der Waals surface area contributed by atoms with Gasteiger partial charge in [-0.25, -0.2) is 4.79 Å². The molecule has 1 aromatic carbocycles. The van der Waals surface area contributed by atoms with Crippen LogP contribution in [0.15, 0.2) is 50.6 Å². The third-order valence-corrected chi connectivity index (χ3v) is 4.88. The van der Waals surface area contributed by atoms with Crippen molar-refractivity contribution in [3.05, 3.63) is 67.4 Å². The van der Waals surface area contributed by atoms with Gasteiger partial charge in [0, 0.05) is 18.9 Å². The summed E-state index contributed by atoms with van der Waals surface area (Å²) in [6, 6.07) is 7.88. The summed E-state index contributed by atoms with van der Waals surface area (Å²) in [5.41, 5.74) is -1.61. The zero-order valence-electron chi connectivity index (χ0n) is 14.2. The molecule has 1 saturated heterocycles. The van der Waals surface area contributed by atoms with Crippen molar-refractivity contribution in [3.8, 4) is 0 Å². The summed E-state index contributed by atoms with van der Waals surface area (Å²) in [5, 5.41) is 19.5. The van der Waals surface area contributed by atoms with Crippen LogP contribution in [0.2, 0.25) is 0 Å². The molecule has 27 heavy (non-hydrogen) atoms. The first-order valence-corrected chi connectivity index (χ1v) is 8.80. The van der Waals surface area contributed by atoms with Crippen molar-refractivity contribution in [1.82, 2.24) is 9.13 Å². The molecule has 0 amide bonds. The molecule has 1 unspecified atom stereocenters. The van der Waals surface area contributed by atoms with E-state index in [1.165, 1.54) is 25.4 Å². The first-order valence-electron chi connectivity index (χ1n) is 8.01. The number of hydrogen-bond donors (Lipinski definition) is 2. The van der Waals surface area contributed by atoms with Crippen LogP contribution >= 0.6 is 15.9 Å². The van der Waals surface area contributed by atoms with Crippen molar-refractivity contribution in [1.29, 1.82) is 0 Å². The van der Waals surface area contributed by atoms with E-state index < -0.39 is 48.3 Å². The van der Waals surface area contributed by atoms with Crippen molar-refractivity contribution < 1.29 is 24.5 Å². The fraction of sp³-hybridized carbons (Fsp3) is 0.353. The lowest BCUT2D eigenvalue weighted by atomic mass is 10.1. The van der Waals surface area contributed by atoms with Gasteiger partial charge in [0.05, 0.1) is 11.1 Å².